The molecule has 0 aliphatic rings. The van der Waals surface area contributed by atoms with Crippen LogP contribution in [-0.4, -0.2) is 33.1 Å². The minimum absolute atomic E-state index is 0.0655. The minimum atomic E-state index is -3.86. The van der Waals surface area contributed by atoms with Crippen molar-refractivity contribution in [2.24, 2.45) is 5.41 Å². The highest BCUT2D eigenvalue weighted by Crippen LogP contribution is 2.24. The van der Waals surface area contributed by atoms with Gasteiger partial charge in [-0.15, -0.1) is 0 Å². The maximum absolute atomic E-state index is 12.6. The largest absolute Gasteiger partial charge is 0.497 e. The molecule has 25 heavy (non-hydrogen) atoms. The number of hydrogen-bond donors (Lipinski definition) is 1. The summed E-state index contributed by atoms with van der Waals surface area (Å²) < 4.78 is 38.2. The van der Waals surface area contributed by atoms with Crippen molar-refractivity contribution < 1.29 is 22.7 Å². The van der Waals surface area contributed by atoms with Crippen LogP contribution < -0.4 is 9.46 Å². The van der Waals surface area contributed by atoms with Gasteiger partial charge in [-0.1, -0.05) is 20.8 Å². The minimum Gasteiger partial charge on any atom is -0.497 e. The summed E-state index contributed by atoms with van der Waals surface area (Å²) in [6.07, 6.45) is 0.317. The molecule has 0 aromatic heterocycles. The molecule has 0 radical (unpaired) electrons. The van der Waals surface area contributed by atoms with Crippen molar-refractivity contribution in [2.75, 3.05) is 7.11 Å². The fourth-order valence-corrected chi connectivity index (χ4v) is 3.35. The smallest absolute Gasteiger partial charge is 0.324 e. The van der Waals surface area contributed by atoms with Crippen LogP contribution in [0.5, 0.6) is 5.75 Å². The first kappa shape index (κ1) is 21.4. The van der Waals surface area contributed by atoms with Gasteiger partial charge in [-0.3, -0.25) is 4.79 Å². The summed E-state index contributed by atoms with van der Waals surface area (Å²) in [5, 5.41) is 0. The molecule has 0 amide bonds. The lowest BCUT2D eigenvalue weighted by molar-refractivity contribution is -0.157. The van der Waals surface area contributed by atoms with Crippen LogP contribution in [-0.2, 0) is 19.6 Å². The van der Waals surface area contributed by atoms with E-state index in [2.05, 4.69) is 4.72 Å². The van der Waals surface area contributed by atoms with E-state index < -0.39 is 27.6 Å². The standard InChI is InChI=1S/C18H29NO5S/c1-17(2,3)12-15(16(20)24-18(4,5)6)19-25(21,22)14-10-8-13(23-7)9-11-14/h8-11,15,19H,12H2,1-7H3/t15-/m1/s1. The first-order valence-corrected chi connectivity index (χ1v) is 9.61. The Morgan fingerprint density at radius 3 is 2.00 bits per heavy atom. The molecule has 1 N–H and O–H groups in total. The topological polar surface area (TPSA) is 81.7 Å². The van der Waals surface area contributed by atoms with E-state index in [0.717, 1.165) is 0 Å². The van der Waals surface area contributed by atoms with E-state index >= 15 is 0 Å². The van der Waals surface area contributed by atoms with Gasteiger partial charge in [0.15, 0.2) is 0 Å². The highest BCUT2D eigenvalue weighted by molar-refractivity contribution is 7.89. The Labute approximate surface area is 151 Å². The summed E-state index contributed by atoms with van der Waals surface area (Å²) in [5.74, 6) is -0.0307. The predicted molar refractivity (Wildman–Crippen MR) is 97.0 cm³/mol. The predicted octanol–water partition coefficient (Wildman–Crippen LogP) is 3.12. The Morgan fingerprint density at radius 2 is 1.60 bits per heavy atom. The number of benzene rings is 1. The van der Waals surface area contributed by atoms with Gasteiger partial charge in [0.05, 0.1) is 12.0 Å². The van der Waals surface area contributed by atoms with Gasteiger partial charge in [-0.05, 0) is 56.9 Å². The Hall–Kier alpha value is -1.60. The maximum Gasteiger partial charge on any atom is 0.324 e. The van der Waals surface area contributed by atoms with Crippen molar-refractivity contribution in [2.45, 2.75) is 64.5 Å². The molecule has 0 spiro atoms. The van der Waals surface area contributed by atoms with Crippen molar-refractivity contribution >= 4 is 16.0 Å². The first-order valence-electron chi connectivity index (χ1n) is 8.13. The van der Waals surface area contributed by atoms with Crippen LogP contribution in [0, 0.1) is 5.41 Å². The molecule has 6 nitrogen and oxygen atoms in total. The molecule has 1 atom stereocenters. The third kappa shape index (κ3) is 7.44. The summed E-state index contributed by atoms with van der Waals surface area (Å²) in [4.78, 5) is 12.5. The van der Waals surface area contributed by atoms with Gasteiger partial charge in [0.25, 0.3) is 0 Å². The molecule has 0 fully saturated rings. The molecule has 142 valence electrons. The van der Waals surface area contributed by atoms with E-state index in [4.69, 9.17) is 9.47 Å². The SMILES string of the molecule is COc1ccc(S(=O)(=O)N[C@H](CC(C)(C)C)C(=O)OC(C)(C)C)cc1. The van der Waals surface area contributed by atoms with Crippen LogP contribution in [0.1, 0.15) is 48.0 Å². The summed E-state index contributed by atoms with van der Waals surface area (Å²) >= 11 is 0. The molecule has 0 heterocycles. The molecule has 0 aliphatic carbocycles. The zero-order valence-electron chi connectivity index (χ0n) is 16.0. The second-order valence-corrected chi connectivity index (χ2v) is 9.86. The Kier molecular flexibility index (Phi) is 6.64. The van der Waals surface area contributed by atoms with Crippen LogP contribution in [0.15, 0.2) is 29.2 Å². The van der Waals surface area contributed by atoms with Gasteiger partial charge < -0.3 is 9.47 Å². The highest BCUT2D eigenvalue weighted by Gasteiger charge is 2.33. The van der Waals surface area contributed by atoms with Crippen molar-refractivity contribution in [1.82, 2.24) is 4.72 Å². The highest BCUT2D eigenvalue weighted by atomic mass is 32.2. The molecule has 1 aromatic rings. The number of carbonyl (C=O) groups excluding carboxylic acids is 1. The second kappa shape index (κ2) is 7.74. The second-order valence-electron chi connectivity index (χ2n) is 8.15. The molecule has 0 bridgehead atoms. The summed E-state index contributed by atoms with van der Waals surface area (Å²) in [7, 11) is -2.36. The van der Waals surface area contributed by atoms with Crippen LogP contribution >= 0.6 is 0 Å². The first-order chi connectivity index (χ1) is 11.2. The van der Waals surface area contributed by atoms with Gasteiger partial charge in [0.2, 0.25) is 10.0 Å². The zero-order chi connectivity index (χ0) is 19.5. The number of hydrogen-bond acceptors (Lipinski definition) is 5. The average Bonchev–Trinajstić information content (AvgIpc) is 2.43. The van der Waals surface area contributed by atoms with Gasteiger partial charge in [-0.2, -0.15) is 4.72 Å². The van der Waals surface area contributed by atoms with Gasteiger partial charge in [-0.25, -0.2) is 8.42 Å². The molecule has 1 aromatic carbocycles. The van der Waals surface area contributed by atoms with Crippen LogP contribution in [0.4, 0.5) is 0 Å². The zero-order valence-corrected chi connectivity index (χ0v) is 16.9. The van der Waals surface area contributed by atoms with Gasteiger partial charge >= 0.3 is 5.97 Å². The van der Waals surface area contributed by atoms with Crippen molar-refractivity contribution in [3.8, 4) is 5.75 Å². The molecule has 0 aliphatic heterocycles. The third-order valence-electron chi connectivity index (χ3n) is 3.17. The van der Waals surface area contributed by atoms with E-state index in [0.29, 0.717) is 12.2 Å². The van der Waals surface area contributed by atoms with E-state index in [-0.39, 0.29) is 10.3 Å². The molecular weight excluding hydrogens is 342 g/mol. The number of carbonyl (C=O) groups is 1. The average molecular weight is 371 g/mol. The normalized spacial score (nSPS) is 14.0. The van der Waals surface area contributed by atoms with Gasteiger partial charge in [0, 0.05) is 0 Å². The summed E-state index contributed by atoms with van der Waals surface area (Å²) in [5.41, 5.74) is -0.956. The molecule has 0 saturated heterocycles. The number of methoxy groups -OCH3 is 1. The lowest BCUT2D eigenvalue weighted by Crippen LogP contribution is -2.45. The van der Waals surface area contributed by atoms with Crippen LogP contribution in [0.3, 0.4) is 0 Å². The van der Waals surface area contributed by atoms with E-state index in [1.807, 2.05) is 20.8 Å². The number of esters is 1. The van der Waals surface area contributed by atoms with E-state index in [9.17, 15) is 13.2 Å². The van der Waals surface area contributed by atoms with Crippen LogP contribution in [0.2, 0.25) is 0 Å². The van der Waals surface area contributed by atoms with Crippen LogP contribution in [0.25, 0.3) is 0 Å². The van der Waals surface area contributed by atoms with Crippen molar-refractivity contribution in [3.05, 3.63) is 24.3 Å². The summed E-state index contributed by atoms with van der Waals surface area (Å²) in [6, 6.07) is 5.02. The Balaban J connectivity index is 3.07. The molecule has 0 unspecified atom stereocenters. The lowest BCUT2D eigenvalue weighted by Gasteiger charge is -2.28. The fourth-order valence-electron chi connectivity index (χ4n) is 2.17. The van der Waals surface area contributed by atoms with Crippen molar-refractivity contribution in [3.63, 3.8) is 0 Å². The quantitative estimate of drug-likeness (QED) is 0.777. The van der Waals surface area contributed by atoms with Crippen molar-refractivity contribution in [1.29, 1.82) is 0 Å². The number of rotatable bonds is 6. The Morgan fingerprint density at radius 1 is 1.08 bits per heavy atom. The molecule has 0 saturated carbocycles. The van der Waals surface area contributed by atoms with E-state index in [1.54, 1.807) is 32.9 Å². The molecule has 1 rings (SSSR count). The fraction of sp³-hybridized carbons (Fsp3) is 0.611. The molecular formula is C18H29NO5S. The summed E-state index contributed by atoms with van der Waals surface area (Å²) in [6.45, 7) is 11.1. The number of ether oxygens (including phenoxy) is 2. The number of sulfonamides is 1. The Bertz CT molecular complexity index is 682. The van der Waals surface area contributed by atoms with Gasteiger partial charge in [0.1, 0.15) is 17.4 Å². The number of nitrogens with one attached hydrogen (secondary N) is 1. The third-order valence-corrected chi connectivity index (χ3v) is 4.66. The van der Waals surface area contributed by atoms with E-state index in [1.165, 1.54) is 19.2 Å². The molecule has 7 heteroatoms. The lowest BCUT2D eigenvalue weighted by atomic mass is 9.88. The maximum atomic E-state index is 12.6. The monoisotopic (exact) mass is 371 g/mol.